The van der Waals surface area contributed by atoms with Gasteiger partial charge in [0.05, 0.1) is 12.2 Å². The molecule has 0 aromatic carbocycles. The van der Waals surface area contributed by atoms with Gasteiger partial charge < -0.3 is 14.7 Å². The Morgan fingerprint density at radius 1 is 1.54 bits per heavy atom. The SMILES string of the molecule is C#CCNC=O.CC.CC(C)CC(=O)N1CCCC1C.Cc1ccon1. The van der Waals surface area contributed by atoms with Crippen molar-refractivity contribution in [2.75, 3.05) is 13.1 Å². The van der Waals surface area contributed by atoms with Gasteiger partial charge in [-0.3, -0.25) is 9.59 Å². The highest BCUT2D eigenvalue weighted by atomic mass is 16.5. The number of nitrogens with one attached hydrogen (secondary N) is 1. The lowest BCUT2D eigenvalue weighted by Gasteiger charge is -2.22. The van der Waals surface area contributed by atoms with Crippen LogP contribution in [0.25, 0.3) is 0 Å². The third kappa shape index (κ3) is 14.1. The predicted octanol–water partition coefficient (Wildman–Crippen LogP) is 3.42. The van der Waals surface area contributed by atoms with Gasteiger partial charge >= 0.3 is 0 Å². The normalized spacial score (nSPS) is 14.5. The largest absolute Gasteiger partial charge is 0.365 e. The molecule has 1 aromatic rings. The second-order valence-electron chi connectivity index (χ2n) is 6.02. The van der Waals surface area contributed by atoms with Crippen LogP contribution in [-0.2, 0) is 9.59 Å². The summed E-state index contributed by atoms with van der Waals surface area (Å²) in [5.74, 6) is 3.06. The number of aryl methyl sites for hydroxylation is 1. The van der Waals surface area contributed by atoms with Gasteiger partial charge in [-0.25, -0.2) is 0 Å². The van der Waals surface area contributed by atoms with Crippen molar-refractivity contribution in [1.29, 1.82) is 0 Å². The van der Waals surface area contributed by atoms with Crippen molar-refractivity contribution >= 4 is 12.3 Å². The maximum atomic E-state index is 11.6. The first-order chi connectivity index (χ1) is 12.4. The predicted molar refractivity (Wildman–Crippen MR) is 105 cm³/mol. The van der Waals surface area contributed by atoms with E-state index in [9.17, 15) is 9.59 Å². The molecule has 6 heteroatoms. The van der Waals surface area contributed by atoms with E-state index in [1.807, 2.05) is 25.7 Å². The Labute approximate surface area is 158 Å². The highest BCUT2D eigenvalue weighted by Crippen LogP contribution is 2.18. The summed E-state index contributed by atoms with van der Waals surface area (Å²) >= 11 is 0. The lowest BCUT2D eigenvalue weighted by atomic mass is 10.1. The minimum Gasteiger partial charge on any atom is -0.365 e. The van der Waals surface area contributed by atoms with Crippen LogP contribution >= 0.6 is 0 Å². The van der Waals surface area contributed by atoms with Gasteiger partial charge in [-0.05, 0) is 32.6 Å². The molecule has 1 aliphatic rings. The van der Waals surface area contributed by atoms with Crippen LogP contribution in [0.5, 0.6) is 0 Å². The molecular formula is C20H35N3O3. The third-order valence-electron chi connectivity index (χ3n) is 3.31. The zero-order valence-electron chi connectivity index (χ0n) is 17.1. The Hall–Kier alpha value is -2.29. The molecular weight excluding hydrogens is 330 g/mol. The molecule has 0 aliphatic carbocycles. The van der Waals surface area contributed by atoms with Gasteiger partial charge in [-0.1, -0.05) is 38.8 Å². The number of carbonyl (C=O) groups is 2. The quantitative estimate of drug-likeness (QED) is 0.504. The number of hydrogen-bond acceptors (Lipinski definition) is 4. The molecule has 0 radical (unpaired) electrons. The molecule has 6 nitrogen and oxygen atoms in total. The van der Waals surface area contributed by atoms with Crippen molar-refractivity contribution in [2.45, 2.75) is 66.8 Å². The highest BCUT2D eigenvalue weighted by Gasteiger charge is 2.24. The van der Waals surface area contributed by atoms with E-state index in [0.717, 1.165) is 12.2 Å². The topological polar surface area (TPSA) is 75.4 Å². The molecule has 2 heterocycles. The number of terminal acetylenes is 1. The van der Waals surface area contributed by atoms with Crippen LogP contribution in [0.4, 0.5) is 0 Å². The summed E-state index contributed by atoms with van der Waals surface area (Å²) in [4.78, 5) is 23.0. The smallest absolute Gasteiger partial charge is 0.223 e. The van der Waals surface area contributed by atoms with Gasteiger partial charge in [0.15, 0.2) is 0 Å². The van der Waals surface area contributed by atoms with E-state index in [1.165, 1.54) is 12.8 Å². The number of aromatic nitrogens is 1. The first-order valence-corrected chi connectivity index (χ1v) is 9.19. The Morgan fingerprint density at radius 3 is 2.46 bits per heavy atom. The van der Waals surface area contributed by atoms with E-state index >= 15 is 0 Å². The number of likely N-dealkylation sites (tertiary alicyclic amines) is 1. The number of rotatable bonds is 4. The van der Waals surface area contributed by atoms with Crippen LogP contribution in [0.15, 0.2) is 16.9 Å². The van der Waals surface area contributed by atoms with Gasteiger partial charge in [0.2, 0.25) is 12.3 Å². The average Bonchev–Trinajstić information content (AvgIpc) is 3.26. The van der Waals surface area contributed by atoms with Gasteiger partial charge in [-0.15, -0.1) is 6.42 Å². The van der Waals surface area contributed by atoms with Gasteiger partial charge in [0.1, 0.15) is 6.26 Å². The molecule has 1 atom stereocenters. The van der Waals surface area contributed by atoms with Crippen molar-refractivity contribution in [2.24, 2.45) is 5.92 Å². The lowest BCUT2D eigenvalue weighted by Crippen LogP contribution is -2.34. The Kier molecular flexibility index (Phi) is 17.5. The van der Waals surface area contributed by atoms with Crippen LogP contribution in [0.1, 0.15) is 59.6 Å². The summed E-state index contributed by atoms with van der Waals surface area (Å²) in [5, 5.41) is 5.82. The van der Waals surface area contributed by atoms with Crippen LogP contribution in [0, 0.1) is 25.2 Å². The molecule has 1 aromatic heterocycles. The van der Waals surface area contributed by atoms with Crippen LogP contribution in [0.3, 0.4) is 0 Å². The molecule has 1 saturated heterocycles. The van der Waals surface area contributed by atoms with Crippen LogP contribution in [-0.4, -0.2) is 41.5 Å². The van der Waals surface area contributed by atoms with E-state index in [2.05, 4.69) is 41.7 Å². The van der Waals surface area contributed by atoms with Crippen molar-refractivity contribution in [1.82, 2.24) is 15.4 Å². The number of nitrogens with zero attached hydrogens (tertiary/aromatic N) is 2. The summed E-state index contributed by atoms with van der Waals surface area (Å²) in [5.41, 5.74) is 0.926. The summed E-state index contributed by atoms with van der Waals surface area (Å²) in [6, 6.07) is 2.29. The molecule has 2 amide bonds. The van der Waals surface area contributed by atoms with Crippen molar-refractivity contribution in [3.8, 4) is 12.3 Å². The van der Waals surface area contributed by atoms with Crippen molar-refractivity contribution in [3.63, 3.8) is 0 Å². The summed E-state index contributed by atoms with van der Waals surface area (Å²) in [6.07, 6.45) is 9.95. The Morgan fingerprint density at radius 2 is 2.19 bits per heavy atom. The first-order valence-electron chi connectivity index (χ1n) is 9.19. The van der Waals surface area contributed by atoms with Gasteiger partial charge in [0, 0.05) is 25.1 Å². The van der Waals surface area contributed by atoms with E-state index in [-0.39, 0.29) is 0 Å². The van der Waals surface area contributed by atoms with Crippen molar-refractivity contribution in [3.05, 3.63) is 18.0 Å². The average molecular weight is 366 g/mol. The van der Waals surface area contributed by atoms with Crippen molar-refractivity contribution < 1.29 is 14.1 Å². The highest BCUT2D eigenvalue weighted by molar-refractivity contribution is 5.76. The lowest BCUT2D eigenvalue weighted by molar-refractivity contribution is -0.132. The van der Waals surface area contributed by atoms with E-state index < -0.39 is 0 Å². The van der Waals surface area contributed by atoms with Crippen LogP contribution < -0.4 is 5.32 Å². The zero-order chi connectivity index (χ0) is 20.4. The molecule has 0 saturated carbocycles. The molecule has 1 fully saturated rings. The molecule has 1 unspecified atom stereocenters. The minimum absolute atomic E-state index is 0.323. The van der Waals surface area contributed by atoms with Crippen LogP contribution in [0.2, 0.25) is 0 Å². The molecule has 1 aliphatic heterocycles. The number of carbonyl (C=O) groups excluding carboxylic acids is 2. The zero-order valence-corrected chi connectivity index (χ0v) is 17.1. The monoisotopic (exact) mass is 365 g/mol. The van der Waals surface area contributed by atoms with Gasteiger partial charge in [0.25, 0.3) is 0 Å². The molecule has 2 rings (SSSR count). The molecule has 26 heavy (non-hydrogen) atoms. The molecule has 1 N–H and O–H groups in total. The fourth-order valence-electron chi connectivity index (χ4n) is 2.14. The standard InChI is InChI=1S/C10H19NO.2C4H5NO.C2H6/c1-8(2)7-10(12)11-6-4-5-9(11)3;1-4-2-3-6-5-4;1-2-3-5-4-6;1-2/h8-9H,4-7H2,1-3H3;2-3H,1H3;1,4H,3H2,(H,5,6);1-2H3. The molecule has 148 valence electrons. The Bertz CT molecular complexity index is 493. The summed E-state index contributed by atoms with van der Waals surface area (Å²) < 4.78 is 4.46. The summed E-state index contributed by atoms with van der Waals surface area (Å²) in [7, 11) is 0. The second-order valence-corrected chi connectivity index (χ2v) is 6.02. The fraction of sp³-hybridized carbons (Fsp3) is 0.650. The van der Waals surface area contributed by atoms with Gasteiger partial charge in [-0.2, -0.15) is 0 Å². The number of hydrogen-bond donors (Lipinski definition) is 1. The van der Waals surface area contributed by atoms with E-state index in [4.69, 9.17) is 6.42 Å². The molecule has 0 bridgehead atoms. The maximum absolute atomic E-state index is 11.6. The Balaban J connectivity index is 0. The third-order valence-corrected chi connectivity index (χ3v) is 3.31. The summed E-state index contributed by atoms with van der Waals surface area (Å²) in [6.45, 7) is 13.5. The maximum Gasteiger partial charge on any atom is 0.223 e. The minimum atomic E-state index is 0.323. The van der Waals surface area contributed by atoms with E-state index in [0.29, 0.717) is 37.2 Å². The number of amides is 2. The second kappa shape index (κ2) is 17.5. The fourth-order valence-corrected chi connectivity index (χ4v) is 2.14. The molecule has 0 spiro atoms. The first kappa shape index (κ1) is 25.9. The van der Waals surface area contributed by atoms with E-state index in [1.54, 1.807) is 12.3 Å².